The molecule has 4 heteroatoms. The summed E-state index contributed by atoms with van der Waals surface area (Å²) in [5.74, 6) is 0.121. The molecule has 0 N–H and O–H groups in total. The van der Waals surface area contributed by atoms with Crippen LogP contribution in [0.1, 0.15) is 36.7 Å². The van der Waals surface area contributed by atoms with Crippen molar-refractivity contribution in [1.29, 1.82) is 0 Å². The van der Waals surface area contributed by atoms with E-state index in [1.807, 2.05) is 0 Å². The molecule has 2 nitrogen and oxygen atoms in total. The molecule has 1 aromatic rings. The number of hydrogen-bond acceptors (Lipinski definition) is 2. The van der Waals surface area contributed by atoms with Crippen molar-refractivity contribution in [3.8, 4) is 5.75 Å². The van der Waals surface area contributed by atoms with Crippen LogP contribution in [-0.2, 0) is 0 Å². The Hall–Kier alpha value is -1.16. The third-order valence-electron chi connectivity index (χ3n) is 3.59. The van der Waals surface area contributed by atoms with Crippen LogP contribution >= 0.6 is 0 Å². The quantitative estimate of drug-likeness (QED) is 0.602. The van der Waals surface area contributed by atoms with Gasteiger partial charge in [-0.2, -0.15) is 0 Å². The predicted molar refractivity (Wildman–Crippen MR) is 74.3 cm³/mol. The lowest BCUT2D eigenvalue weighted by molar-refractivity contribution is 0.112. The van der Waals surface area contributed by atoms with Crippen LogP contribution in [0.3, 0.4) is 0 Å². The third kappa shape index (κ3) is 2.99. The van der Waals surface area contributed by atoms with Gasteiger partial charge in [-0.05, 0) is 42.8 Å². The Morgan fingerprint density at radius 3 is 2.28 bits per heavy atom. The van der Waals surface area contributed by atoms with Gasteiger partial charge in [0.25, 0.3) is 8.32 Å². The average Bonchev–Trinajstić information content (AvgIpc) is 2.21. The normalized spacial score (nSPS) is 12.4. The van der Waals surface area contributed by atoms with Crippen LogP contribution in [0, 0.1) is 12.7 Å². The van der Waals surface area contributed by atoms with Crippen LogP contribution in [0.5, 0.6) is 5.75 Å². The first-order chi connectivity index (χ1) is 8.08. The van der Waals surface area contributed by atoms with E-state index in [1.165, 1.54) is 6.07 Å². The summed E-state index contributed by atoms with van der Waals surface area (Å²) in [5, 5.41) is 0.0371. The van der Waals surface area contributed by atoms with Crippen molar-refractivity contribution in [2.75, 3.05) is 0 Å². The standard InChI is InChI=1S/C14H21FO2Si/c1-10-7-13(11(9-16)8-12(10)15)17-18(5,6)14(2,3)4/h7-9H,1-6H3. The Kier molecular flexibility index (Phi) is 4.01. The van der Waals surface area contributed by atoms with E-state index >= 15 is 0 Å². The van der Waals surface area contributed by atoms with Gasteiger partial charge in [-0.3, -0.25) is 4.79 Å². The zero-order valence-corrected chi connectivity index (χ0v) is 12.9. The van der Waals surface area contributed by atoms with Crippen LogP contribution in [0.2, 0.25) is 18.1 Å². The summed E-state index contributed by atoms with van der Waals surface area (Å²) in [5.41, 5.74) is 0.775. The molecule has 1 rings (SSSR count). The minimum absolute atomic E-state index is 0.0371. The number of aryl methyl sites for hydroxylation is 1. The molecule has 0 aliphatic heterocycles. The maximum atomic E-state index is 13.4. The van der Waals surface area contributed by atoms with E-state index in [2.05, 4.69) is 33.9 Å². The fraction of sp³-hybridized carbons (Fsp3) is 0.500. The topological polar surface area (TPSA) is 26.3 Å². The van der Waals surface area contributed by atoms with Crippen molar-refractivity contribution >= 4 is 14.6 Å². The molecule has 100 valence electrons. The molecule has 0 amide bonds. The largest absolute Gasteiger partial charge is 0.543 e. The Bertz CT molecular complexity index is 462. The zero-order valence-electron chi connectivity index (χ0n) is 11.9. The highest BCUT2D eigenvalue weighted by atomic mass is 28.4. The van der Waals surface area contributed by atoms with Gasteiger partial charge in [-0.1, -0.05) is 20.8 Å². The van der Waals surface area contributed by atoms with Gasteiger partial charge in [-0.15, -0.1) is 0 Å². The molecular formula is C14H21FO2Si. The number of aldehydes is 1. The first-order valence-corrected chi connectivity index (χ1v) is 8.93. The third-order valence-corrected chi connectivity index (χ3v) is 7.93. The van der Waals surface area contributed by atoms with E-state index in [4.69, 9.17) is 4.43 Å². The van der Waals surface area contributed by atoms with Crippen LogP contribution in [0.4, 0.5) is 4.39 Å². The molecule has 0 saturated carbocycles. The molecule has 0 aliphatic rings. The molecule has 0 unspecified atom stereocenters. The van der Waals surface area contributed by atoms with Gasteiger partial charge >= 0.3 is 0 Å². The Balaban J connectivity index is 3.19. The molecule has 18 heavy (non-hydrogen) atoms. The molecule has 1 aromatic carbocycles. The van der Waals surface area contributed by atoms with Gasteiger partial charge in [0.05, 0.1) is 5.56 Å². The van der Waals surface area contributed by atoms with E-state index in [-0.39, 0.29) is 16.4 Å². The minimum atomic E-state index is -2.02. The number of carbonyl (C=O) groups excluding carboxylic acids is 1. The van der Waals surface area contributed by atoms with Crippen molar-refractivity contribution in [1.82, 2.24) is 0 Å². The van der Waals surface area contributed by atoms with Crippen molar-refractivity contribution in [2.24, 2.45) is 0 Å². The number of benzene rings is 1. The van der Waals surface area contributed by atoms with Gasteiger partial charge in [0.1, 0.15) is 11.6 Å². The lowest BCUT2D eigenvalue weighted by atomic mass is 10.1. The molecular weight excluding hydrogens is 247 g/mol. The smallest absolute Gasteiger partial charge is 0.250 e. The van der Waals surface area contributed by atoms with Crippen molar-refractivity contribution < 1.29 is 13.6 Å². The van der Waals surface area contributed by atoms with Crippen molar-refractivity contribution in [3.05, 3.63) is 29.1 Å². The van der Waals surface area contributed by atoms with Gasteiger partial charge < -0.3 is 4.43 Å². The highest BCUT2D eigenvalue weighted by molar-refractivity contribution is 6.74. The number of carbonyl (C=O) groups is 1. The zero-order chi connectivity index (χ0) is 14.1. The van der Waals surface area contributed by atoms with Gasteiger partial charge in [-0.25, -0.2) is 4.39 Å². The summed E-state index contributed by atoms with van der Waals surface area (Å²) in [6.07, 6.45) is 0.644. The van der Waals surface area contributed by atoms with E-state index in [9.17, 15) is 9.18 Å². The molecule has 0 aliphatic carbocycles. The maximum absolute atomic E-state index is 13.4. The Morgan fingerprint density at radius 1 is 1.28 bits per heavy atom. The summed E-state index contributed by atoms with van der Waals surface area (Å²) in [4.78, 5) is 11.0. The SMILES string of the molecule is Cc1cc(O[Si](C)(C)C(C)(C)C)c(C=O)cc1F. The van der Waals surface area contributed by atoms with Gasteiger partial charge in [0, 0.05) is 0 Å². The Morgan fingerprint density at radius 2 is 1.83 bits per heavy atom. The average molecular weight is 268 g/mol. The molecule has 0 aromatic heterocycles. The minimum Gasteiger partial charge on any atom is -0.543 e. The van der Waals surface area contributed by atoms with Gasteiger partial charge in [0.15, 0.2) is 6.29 Å². The fourth-order valence-corrected chi connectivity index (χ4v) is 2.31. The summed E-state index contributed by atoms with van der Waals surface area (Å²) >= 11 is 0. The second-order valence-corrected chi connectivity index (χ2v) is 10.8. The van der Waals surface area contributed by atoms with E-state index in [0.29, 0.717) is 17.6 Å². The second kappa shape index (κ2) is 4.84. The molecule has 0 atom stereocenters. The molecule has 0 radical (unpaired) electrons. The lowest BCUT2D eigenvalue weighted by Crippen LogP contribution is -2.44. The summed E-state index contributed by atoms with van der Waals surface area (Å²) in [7, 11) is -2.02. The highest BCUT2D eigenvalue weighted by Crippen LogP contribution is 2.38. The maximum Gasteiger partial charge on any atom is 0.250 e. The fourth-order valence-electron chi connectivity index (χ4n) is 1.28. The van der Waals surface area contributed by atoms with Gasteiger partial charge in [0.2, 0.25) is 0 Å². The molecule has 0 bridgehead atoms. The molecule has 0 fully saturated rings. The van der Waals surface area contributed by atoms with E-state index < -0.39 is 8.32 Å². The van der Waals surface area contributed by atoms with Crippen molar-refractivity contribution in [3.63, 3.8) is 0 Å². The molecule has 0 saturated heterocycles. The second-order valence-electron chi connectivity index (χ2n) is 6.12. The van der Waals surface area contributed by atoms with E-state index in [0.717, 1.165) is 0 Å². The Labute approximate surface area is 109 Å². The van der Waals surface area contributed by atoms with Crippen LogP contribution < -0.4 is 4.43 Å². The summed E-state index contributed by atoms with van der Waals surface area (Å²) < 4.78 is 19.5. The van der Waals surface area contributed by atoms with Crippen molar-refractivity contribution in [2.45, 2.75) is 45.8 Å². The summed E-state index contributed by atoms with van der Waals surface area (Å²) in [6, 6.07) is 2.85. The monoisotopic (exact) mass is 268 g/mol. The highest BCUT2D eigenvalue weighted by Gasteiger charge is 2.39. The van der Waals surface area contributed by atoms with Crippen LogP contribution in [-0.4, -0.2) is 14.6 Å². The summed E-state index contributed by atoms with van der Waals surface area (Å²) in [6.45, 7) is 12.2. The number of hydrogen-bond donors (Lipinski definition) is 0. The van der Waals surface area contributed by atoms with Crippen LogP contribution in [0.25, 0.3) is 0 Å². The number of rotatable bonds is 3. The van der Waals surface area contributed by atoms with E-state index in [1.54, 1.807) is 13.0 Å². The predicted octanol–water partition coefficient (Wildman–Crippen LogP) is 4.33. The number of halogens is 1. The molecule has 0 spiro atoms. The first-order valence-electron chi connectivity index (χ1n) is 6.03. The first kappa shape index (κ1) is 14.9. The lowest BCUT2D eigenvalue weighted by Gasteiger charge is -2.36. The molecule has 0 heterocycles. The van der Waals surface area contributed by atoms with Crippen LogP contribution in [0.15, 0.2) is 12.1 Å².